The Bertz CT molecular complexity index is 1130. The zero-order chi connectivity index (χ0) is 22.2. The summed E-state index contributed by atoms with van der Waals surface area (Å²) in [5, 5.41) is 12.5. The van der Waals surface area contributed by atoms with Crippen LogP contribution >= 0.6 is 0 Å². The molecule has 0 spiro atoms. The average molecular weight is 400 g/mol. The van der Waals surface area contributed by atoms with Gasteiger partial charge in [-0.3, -0.25) is 4.79 Å². The van der Waals surface area contributed by atoms with E-state index in [1.165, 1.54) is 5.57 Å². The summed E-state index contributed by atoms with van der Waals surface area (Å²) in [7, 11) is 2.09. The second-order valence-electron chi connectivity index (χ2n) is 8.64. The third-order valence-electron chi connectivity index (χ3n) is 6.12. The quantitative estimate of drug-likeness (QED) is 0.525. The van der Waals surface area contributed by atoms with Crippen LogP contribution in [-0.2, 0) is 4.79 Å². The van der Waals surface area contributed by atoms with Crippen molar-refractivity contribution in [1.82, 2.24) is 0 Å². The number of nitrogens with zero attached hydrogens (tertiary/aromatic N) is 2. The molecule has 0 bridgehead atoms. The Morgan fingerprint density at radius 1 is 1.13 bits per heavy atom. The number of allylic oxidation sites excluding steroid dienone is 1. The lowest BCUT2D eigenvalue weighted by Gasteiger charge is -2.41. The number of amides is 1. The number of likely N-dealkylation sites (N-methyl/N-ethyl adjacent to an activating group) is 1. The molecule has 1 amide bonds. The lowest BCUT2D eigenvalue weighted by atomic mass is 9.87. The van der Waals surface area contributed by atoms with E-state index in [0.717, 1.165) is 39.2 Å². The first-order chi connectivity index (χ1) is 14.0. The molecule has 1 aliphatic heterocycles. The van der Waals surface area contributed by atoms with E-state index in [1.54, 1.807) is 6.08 Å². The van der Waals surface area contributed by atoms with E-state index >= 15 is 0 Å². The summed E-state index contributed by atoms with van der Waals surface area (Å²) in [4.78, 5) is 15.0. The highest BCUT2D eigenvalue weighted by atomic mass is 16.1. The first-order valence-electron chi connectivity index (χ1n) is 10.1. The summed E-state index contributed by atoms with van der Waals surface area (Å²) in [5.41, 5.74) is 8.23. The first-order valence-corrected chi connectivity index (χ1v) is 10.1. The Balaban J connectivity index is 1.99. The van der Waals surface area contributed by atoms with Crippen LogP contribution in [0.1, 0.15) is 48.6 Å². The summed E-state index contributed by atoms with van der Waals surface area (Å²) in [6.45, 7) is 12.5. The van der Waals surface area contributed by atoms with Gasteiger partial charge in [-0.25, -0.2) is 0 Å². The molecule has 4 heteroatoms. The van der Waals surface area contributed by atoms with Crippen molar-refractivity contribution in [1.29, 1.82) is 5.26 Å². The van der Waals surface area contributed by atoms with Gasteiger partial charge in [0.15, 0.2) is 0 Å². The Hall–Kier alpha value is -3.32. The number of rotatable bonds is 3. The SMILES string of the molecule is CC1=CC(C)(C)N(C)c2cc(C)c(/C=C(\C#N)C(=O)Nc3cccc(C)c3C)cc21. The fourth-order valence-electron chi connectivity index (χ4n) is 3.85. The number of carbonyl (C=O) groups is 1. The molecule has 2 aromatic carbocycles. The van der Waals surface area contributed by atoms with E-state index in [-0.39, 0.29) is 11.1 Å². The minimum atomic E-state index is -0.395. The molecule has 1 N–H and O–H groups in total. The van der Waals surface area contributed by atoms with Gasteiger partial charge >= 0.3 is 0 Å². The Kier molecular flexibility index (Phi) is 5.59. The van der Waals surface area contributed by atoms with Gasteiger partial charge in [-0.05, 0) is 93.6 Å². The van der Waals surface area contributed by atoms with E-state index in [4.69, 9.17) is 0 Å². The standard InChI is InChI=1S/C26H29N3O/c1-16-9-8-10-23(19(16)4)28-25(30)21(15-27)12-20-13-22-18(3)14-26(5,6)29(7)24(22)11-17(20)2/h8-14H,1-7H3,(H,28,30)/b21-12+. The van der Waals surface area contributed by atoms with Crippen molar-refractivity contribution in [3.05, 3.63) is 69.8 Å². The topological polar surface area (TPSA) is 56.1 Å². The van der Waals surface area contributed by atoms with Crippen molar-refractivity contribution in [3.8, 4) is 6.07 Å². The van der Waals surface area contributed by atoms with Crippen molar-refractivity contribution in [2.45, 2.75) is 47.1 Å². The molecule has 0 aliphatic carbocycles. The zero-order valence-electron chi connectivity index (χ0n) is 18.8. The molecule has 0 saturated heterocycles. The van der Waals surface area contributed by atoms with E-state index in [1.807, 2.05) is 39.0 Å². The number of benzene rings is 2. The number of anilines is 2. The van der Waals surface area contributed by atoms with Gasteiger partial charge in [0.25, 0.3) is 5.91 Å². The minimum Gasteiger partial charge on any atom is -0.365 e. The van der Waals surface area contributed by atoms with E-state index < -0.39 is 5.91 Å². The van der Waals surface area contributed by atoms with Crippen molar-refractivity contribution < 1.29 is 4.79 Å². The van der Waals surface area contributed by atoms with Gasteiger partial charge in [0, 0.05) is 24.0 Å². The monoisotopic (exact) mass is 399 g/mol. The second-order valence-corrected chi connectivity index (χ2v) is 8.64. The molecule has 0 atom stereocenters. The van der Waals surface area contributed by atoms with Gasteiger partial charge < -0.3 is 10.2 Å². The molecule has 0 radical (unpaired) electrons. The van der Waals surface area contributed by atoms with Crippen LogP contribution in [0.5, 0.6) is 0 Å². The second kappa shape index (κ2) is 7.84. The van der Waals surface area contributed by atoms with Gasteiger partial charge in [0.2, 0.25) is 0 Å². The molecule has 0 fully saturated rings. The normalized spacial score (nSPS) is 15.2. The van der Waals surface area contributed by atoms with Gasteiger partial charge in [0.05, 0.1) is 5.54 Å². The number of hydrogen-bond donors (Lipinski definition) is 1. The summed E-state index contributed by atoms with van der Waals surface area (Å²) in [6, 6.07) is 12.0. The molecule has 0 unspecified atom stereocenters. The summed E-state index contributed by atoms with van der Waals surface area (Å²) < 4.78 is 0. The fourth-order valence-corrected chi connectivity index (χ4v) is 3.85. The average Bonchev–Trinajstić information content (AvgIpc) is 2.68. The molecule has 30 heavy (non-hydrogen) atoms. The van der Waals surface area contributed by atoms with Crippen LogP contribution in [0.3, 0.4) is 0 Å². The van der Waals surface area contributed by atoms with Crippen LogP contribution in [0.4, 0.5) is 11.4 Å². The van der Waals surface area contributed by atoms with E-state index in [9.17, 15) is 10.1 Å². The lowest BCUT2D eigenvalue weighted by Crippen LogP contribution is -2.42. The summed E-state index contributed by atoms with van der Waals surface area (Å²) in [5.74, 6) is -0.395. The third kappa shape index (κ3) is 3.89. The third-order valence-corrected chi connectivity index (χ3v) is 6.12. The van der Waals surface area contributed by atoms with Crippen LogP contribution in [0.15, 0.2) is 42.0 Å². The highest BCUT2D eigenvalue weighted by Gasteiger charge is 2.29. The largest absolute Gasteiger partial charge is 0.365 e. The first kappa shape index (κ1) is 21.4. The van der Waals surface area contributed by atoms with Gasteiger partial charge in [-0.15, -0.1) is 0 Å². The van der Waals surface area contributed by atoms with Crippen LogP contribution in [0, 0.1) is 32.1 Å². The predicted octanol–water partition coefficient (Wildman–Crippen LogP) is 5.79. The fraction of sp³-hybridized carbons (Fsp3) is 0.308. The Morgan fingerprint density at radius 2 is 1.83 bits per heavy atom. The zero-order valence-corrected chi connectivity index (χ0v) is 18.8. The van der Waals surface area contributed by atoms with Crippen molar-refractivity contribution in [2.24, 2.45) is 0 Å². The smallest absolute Gasteiger partial charge is 0.266 e. The van der Waals surface area contributed by atoms with Crippen LogP contribution in [0.25, 0.3) is 11.6 Å². The van der Waals surface area contributed by atoms with E-state index in [2.05, 4.69) is 62.3 Å². The van der Waals surface area contributed by atoms with Crippen molar-refractivity contribution in [3.63, 3.8) is 0 Å². The highest BCUT2D eigenvalue weighted by Crippen LogP contribution is 2.39. The number of fused-ring (bicyclic) bond motifs is 1. The number of hydrogen-bond acceptors (Lipinski definition) is 3. The molecule has 154 valence electrons. The number of aryl methyl sites for hydroxylation is 2. The Morgan fingerprint density at radius 3 is 2.50 bits per heavy atom. The molecule has 4 nitrogen and oxygen atoms in total. The van der Waals surface area contributed by atoms with Crippen LogP contribution < -0.4 is 10.2 Å². The van der Waals surface area contributed by atoms with Crippen molar-refractivity contribution >= 4 is 28.9 Å². The number of nitriles is 1. The Labute approximate surface area is 179 Å². The summed E-state index contributed by atoms with van der Waals surface area (Å²) >= 11 is 0. The van der Waals surface area contributed by atoms with Crippen LogP contribution in [-0.4, -0.2) is 18.5 Å². The highest BCUT2D eigenvalue weighted by molar-refractivity contribution is 6.10. The molecule has 1 heterocycles. The molecule has 0 saturated carbocycles. The molecular formula is C26H29N3O. The maximum atomic E-state index is 12.8. The predicted molar refractivity (Wildman–Crippen MR) is 125 cm³/mol. The number of nitrogens with one attached hydrogen (secondary N) is 1. The van der Waals surface area contributed by atoms with E-state index in [0.29, 0.717) is 0 Å². The lowest BCUT2D eigenvalue weighted by molar-refractivity contribution is -0.112. The molecule has 1 aliphatic rings. The molecule has 2 aromatic rings. The maximum absolute atomic E-state index is 12.8. The molecule has 0 aromatic heterocycles. The maximum Gasteiger partial charge on any atom is 0.266 e. The van der Waals surface area contributed by atoms with Gasteiger partial charge in [-0.1, -0.05) is 18.2 Å². The van der Waals surface area contributed by atoms with Gasteiger partial charge in [0.1, 0.15) is 11.6 Å². The minimum absolute atomic E-state index is 0.0652. The number of carbonyl (C=O) groups excluding carboxylic acids is 1. The summed E-state index contributed by atoms with van der Waals surface area (Å²) in [6.07, 6.45) is 3.93. The molecule has 3 rings (SSSR count). The van der Waals surface area contributed by atoms with Crippen molar-refractivity contribution in [2.75, 3.05) is 17.3 Å². The van der Waals surface area contributed by atoms with Gasteiger partial charge in [-0.2, -0.15) is 5.26 Å². The van der Waals surface area contributed by atoms with Crippen LogP contribution in [0.2, 0.25) is 0 Å². The molecular weight excluding hydrogens is 370 g/mol.